The predicted octanol–water partition coefficient (Wildman–Crippen LogP) is 5.63. The smallest absolute Gasteiger partial charge is 0.410 e. The number of carbonyl (C=O) groups excluding carboxylic acids is 1. The Labute approximate surface area is 217 Å². The number of pyridine rings is 1. The van der Waals surface area contributed by atoms with Crippen LogP contribution in [0.1, 0.15) is 56.5 Å². The number of nitrogens with zero attached hydrogens (tertiary/aromatic N) is 5. The lowest BCUT2D eigenvalue weighted by Gasteiger charge is -2.33. The molecule has 0 unspecified atom stereocenters. The van der Waals surface area contributed by atoms with Crippen LogP contribution in [0.2, 0.25) is 0 Å². The van der Waals surface area contributed by atoms with Gasteiger partial charge in [-0.05, 0) is 68.9 Å². The van der Waals surface area contributed by atoms with Gasteiger partial charge in [-0.1, -0.05) is 24.3 Å². The van der Waals surface area contributed by atoms with Crippen LogP contribution in [-0.4, -0.2) is 54.8 Å². The lowest BCUT2D eigenvalue weighted by Crippen LogP contribution is -2.41. The van der Waals surface area contributed by atoms with Gasteiger partial charge in [-0.25, -0.2) is 14.8 Å². The average Bonchev–Trinajstić information content (AvgIpc) is 3.39. The molecule has 8 heteroatoms. The molecule has 37 heavy (non-hydrogen) atoms. The lowest BCUT2D eigenvalue weighted by atomic mass is 9.89. The number of hydrogen-bond acceptors (Lipinski definition) is 6. The molecule has 4 aromatic rings. The Bertz CT molecular complexity index is 1340. The normalized spacial score (nSPS) is 14.5. The Morgan fingerprint density at radius 3 is 2.54 bits per heavy atom. The van der Waals surface area contributed by atoms with Crippen LogP contribution in [0.5, 0.6) is 0 Å². The first-order chi connectivity index (χ1) is 17.9. The number of amides is 1. The highest BCUT2D eigenvalue weighted by molar-refractivity contribution is 5.77. The van der Waals surface area contributed by atoms with Gasteiger partial charge < -0.3 is 9.64 Å². The summed E-state index contributed by atoms with van der Waals surface area (Å²) < 4.78 is 5.52. The van der Waals surface area contributed by atoms with E-state index in [9.17, 15) is 4.79 Å². The van der Waals surface area contributed by atoms with Crippen molar-refractivity contribution in [1.82, 2.24) is 30.0 Å². The first kappa shape index (κ1) is 24.6. The van der Waals surface area contributed by atoms with Crippen LogP contribution in [0.15, 0.2) is 67.3 Å². The van der Waals surface area contributed by atoms with Gasteiger partial charge in [-0.15, -0.1) is 0 Å². The molecule has 1 aliphatic rings. The van der Waals surface area contributed by atoms with Crippen LogP contribution >= 0.6 is 0 Å². The Kier molecular flexibility index (Phi) is 6.99. The van der Waals surface area contributed by atoms with Crippen LogP contribution in [0.25, 0.3) is 22.5 Å². The fourth-order valence-electron chi connectivity index (χ4n) is 4.66. The van der Waals surface area contributed by atoms with Crippen molar-refractivity contribution in [3.05, 3.63) is 84.2 Å². The van der Waals surface area contributed by atoms with E-state index in [-0.39, 0.29) is 6.09 Å². The number of benzene rings is 1. The van der Waals surface area contributed by atoms with E-state index < -0.39 is 5.60 Å². The number of aromatic nitrogens is 5. The number of hydrogen-bond donors (Lipinski definition) is 1. The topological polar surface area (TPSA) is 96.9 Å². The largest absolute Gasteiger partial charge is 0.444 e. The summed E-state index contributed by atoms with van der Waals surface area (Å²) >= 11 is 0. The maximum absolute atomic E-state index is 12.3. The molecule has 4 heterocycles. The second-order valence-electron chi connectivity index (χ2n) is 10.4. The van der Waals surface area contributed by atoms with Gasteiger partial charge in [0.1, 0.15) is 11.4 Å². The summed E-state index contributed by atoms with van der Waals surface area (Å²) in [6.45, 7) is 7.14. The second kappa shape index (κ2) is 10.5. The van der Waals surface area contributed by atoms with Gasteiger partial charge in [0.15, 0.2) is 0 Å². The second-order valence-corrected chi connectivity index (χ2v) is 10.4. The molecule has 0 radical (unpaired) electrons. The van der Waals surface area contributed by atoms with Crippen molar-refractivity contribution in [2.45, 2.75) is 51.6 Å². The minimum Gasteiger partial charge on any atom is -0.444 e. The van der Waals surface area contributed by atoms with E-state index in [1.54, 1.807) is 18.6 Å². The standard InChI is InChI=1S/C29H32N6O2/c1-29(2,3)37-28(36)35-15-11-22(12-16-35)21-8-6-20(7-9-21)17-26-31-14-10-25(33-26)24-19-32-34-27(24)23-5-4-13-30-18-23/h4-10,13-14,18-19,22H,11-12,15-17H2,1-3H3,(H,32,34). The molecule has 1 fully saturated rings. The van der Waals surface area contributed by atoms with Crippen molar-refractivity contribution in [2.24, 2.45) is 0 Å². The first-order valence-electron chi connectivity index (χ1n) is 12.7. The highest BCUT2D eigenvalue weighted by atomic mass is 16.6. The monoisotopic (exact) mass is 496 g/mol. The molecule has 0 bridgehead atoms. The minimum atomic E-state index is -0.465. The van der Waals surface area contributed by atoms with Gasteiger partial charge in [-0.2, -0.15) is 5.10 Å². The van der Waals surface area contributed by atoms with Crippen LogP contribution in [0.4, 0.5) is 4.79 Å². The third-order valence-corrected chi connectivity index (χ3v) is 6.53. The van der Waals surface area contributed by atoms with E-state index in [4.69, 9.17) is 9.72 Å². The van der Waals surface area contributed by atoms with E-state index >= 15 is 0 Å². The first-order valence-corrected chi connectivity index (χ1v) is 12.7. The quantitative estimate of drug-likeness (QED) is 0.384. The molecule has 5 rings (SSSR count). The Hall–Kier alpha value is -4.07. The zero-order valence-corrected chi connectivity index (χ0v) is 21.5. The van der Waals surface area contributed by atoms with Gasteiger partial charge in [0.2, 0.25) is 0 Å². The van der Waals surface area contributed by atoms with Crippen molar-refractivity contribution in [3.63, 3.8) is 0 Å². The number of nitrogens with one attached hydrogen (secondary N) is 1. The molecule has 0 aliphatic carbocycles. The fourth-order valence-corrected chi connectivity index (χ4v) is 4.66. The fraction of sp³-hybridized carbons (Fsp3) is 0.345. The van der Waals surface area contributed by atoms with E-state index in [1.165, 1.54) is 5.56 Å². The van der Waals surface area contributed by atoms with Crippen LogP contribution in [-0.2, 0) is 11.2 Å². The number of H-pyrrole nitrogens is 1. The van der Waals surface area contributed by atoms with Crippen LogP contribution in [0, 0.1) is 0 Å². The highest BCUT2D eigenvalue weighted by Gasteiger charge is 2.27. The maximum Gasteiger partial charge on any atom is 0.410 e. The molecular formula is C29H32N6O2. The van der Waals surface area contributed by atoms with Crippen LogP contribution < -0.4 is 0 Å². The molecular weight excluding hydrogens is 464 g/mol. The van der Waals surface area contributed by atoms with Crippen LogP contribution in [0.3, 0.4) is 0 Å². The Balaban J connectivity index is 1.22. The SMILES string of the molecule is CC(C)(C)OC(=O)N1CCC(c2ccc(Cc3nccc(-c4cn[nH]c4-c4cccnc4)n3)cc2)CC1. The number of carbonyl (C=O) groups is 1. The van der Waals surface area contributed by atoms with Crippen molar-refractivity contribution < 1.29 is 9.53 Å². The third-order valence-electron chi connectivity index (χ3n) is 6.53. The zero-order chi connectivity index (χ0) is 25.8. The van der Waals surface area contributed by atoms with Crippen molar-refractivity contribution in [1.29, 1.82) is 0 Å². The summed E-state index contributed by atoms with van der Waals surface area (Å²) in [5.74, 6) is 1.20. The van der Waals surface area contributed by atoms with Crippen molar-refractivity contribution in [3.8, 4) is 22.5 Å². The zero-order valence-electron chi connectivity index (χ0n) is 21.5. The van der Waals surface area contributed by atoms with Crippen molar-refractivity contribution >= 4 is 6.09 Å². The summed E-state index contributed by atoms with van der Waals surface area (Å²) in [4.78, 5) is 27.7. The number of piperidine rings is 1. The summed E-state index contributed by atoms with van der Waals surface area (Å²) in [6.07, 6.45) is 9.45. The lowest BCUT2D eigenvalue weighted by molar-refractivity contribution is 0.0205. The molecule has 0 saturated carbocycles. The highest BCUT2D eigenvalue weighted by Crippen LogP contribution is 2.30. The van der Waals surface area contributed by atoms with E-state index in [0.29, 0.717) is 12.3 Å². The molecule has 0 spiro atoms. The summed E-state index contributed by atoms with van der Waals surface area (Å²) in [7, 11) is 0. The molecule has 190 valence electrons. The summed E-state index contributed by atoms with van der Waals surface area (Å²) in [6, 6.07) is 14.5. The molecule has 8 nitrogen and oxygen atoms in total. The average molecular weight is 497 g/mol. The molecule has 1 saturated heterocycles. The molecule has 3 aromatic heterocycles. The summed E-state index contributed by atoms with van der Waals surface area (Å²) in [5.41, 5.74) is 5.60. The number of rotatable bonds is 5. The minimum absolute atomic E-state index is 0.216. The van der Waals surface area contributed by atoms with E-state index in [0.717, 1.165) is 59.8 Å². The van der Waals surface area contributed by atoms with E-state index in [2.05, 4.69) is 44.4 Å². The number of aromatic amines is 1. The van der Waals surface area contributed by atoms with Gasteiger partial charge in [-0.3, -0.25) is 10.1 Å². The summed E-state index contributed by atoms with van der Waals surface area (Å²) in [5, 5.41) is 7.30. The third kappa shape index (κ3) is 6.02. The maximum atomic E-state index is 12.3. The molecule has 1 aromatic carbocycles. The number of likely N-dealkylation sites (tertiary alicyclic amines) is 1. The Morgan fingerprint density at radius 1 is 1.05 bits per heavy atom. The molecule has 0 atom stereocenters. The van der Waals surface area contributed by atoms with E-state index in [1.807, 2.05) is 50.1 Å². The number of ether oxygens (including phenoxy) is 1. The molecule has 1 N–H and O–H groups in total. The predicted molar refractivity (Wildman–Crippen MR) is 142 cm³/mol. The Morgan fingerprint density at radius 2 is 1.84 bits per heavy atom. The van der Waals surface area contributed by atoms with Gasteiger partial charge in [0.25, 0.3) is 0 Å². The van der Waals surface area contributed by atoms with Gasteiger partial charge >= 0.3 is 6.09 Å². The van der Waals surface area contributed by atoms with Gasteiger partial charge in [0.05, 0.1) is 17.6 Å². The molecule has 1 amide bonds. The van der Waals surface area contributed by atoms with Gasteiger partial charge in [0, 0.05) is 49.2 Å². The van der Waals surface area contributed by atoms with Crippen molar-refractivity contribution in [2.75, 3.05) is 13.1 Å². The molecule has 1 aliphatic heterocycles.